The number of hydrogen-bond donors (Lipinski definition) is 1. The SMILES string of the molecule is CC1CCC([NH+]2CCN(S(=O)(=O)c3ccccc3)CC2)CC1. The van der Waals surface area contributed by atoms with Crippen molar-refractivity contribution in [3.05, 3.63) is 30.3 Å². The van der Waals surface area contributed by atoms with Crippen LogP contribution in [0.3, 0.4) is 0 Å². The Bertz CT molecular complexity index is 572. The van der Waals surface area contributed by atoms with Crippen LogP contribution in [0.4, 0.5) is 0 Å². The fraction of sp³-hybridized carbons (Fsp3) is 0.647. The molecule has 0 radical (unpaired) electrons. The molecule has 122 valence electrons. The van der Waals surface area contributed by atoms with Gasteiger partial charge in [0, 0.05) is 0 Å². The lowest BCUT2D eigenvalue weighted by Crippen LogP contribution is -3.18. The molecule has 1 aliphatic heterocycles. The van der Waals surface area contributed by atoms with E-state index in [0.717, 1.165) is 25.0 Å². The van der Waals surface area contributed by atoms with Gasteiger partial charge in [-0.05, 0) is 43.7 Å². The van der Waals surface area contributed by atoms with Crippen LogP contribution in [0.15, 0.2) is 35.2 Å². The second kappa shape index (κ2) is 6.69. The normalized spacial score (nSPS) is 28.6. The van der Waals surface area contributed by atoms with Crippen molar-refractivity contribution in [2.75, 3.05) is 26.2 Å². The Morgan fingerprint density at radius 3 is 2.18 bits per heavy atom. The van der Waals surface area contributed by atoms with Gasteiger partial charge in [-0.25, -0.2) is 8.42 Å². The van der Waals surface area contributed by atoms with E-state index >= 15 is 0 Å². The Balaban J connectivity index is 1.60. The molecule has 22 heavy (non-hydrogen) atoms. The van der Waals surface area contributed by atoms with Gasteiger partial charge in [-0.1, -0.05) is 25.1 Å². The van der Waals surface area contributed by atoms with Crippen molar-refractivity contribution in [1.29, 1.82) is 0 Å². The molecule has 0 amide bonds. The Labute approximate surface area is 134 Å². The molecule has 1 aromatic rings. The number of quaternary nitrogens is 1. The van der Waals surface area contributed by atoms with Gasteiger partial charge >= 0.3 is 0 Å². The first-order valence-corrected chi connectivity index (χ1v) is 9.91. The highest BCUT2D eigenvalue weighted by molar-refractivity contribution is 7.89. The minimum atomic E-state index is -3.30. The van der Waals surface area contributed by atoms with Gasteiger partial charge in [-0.15, -0.1) is 0 Å². The van der Waals surface area contributed by atoms with Crippen LogP contribution in [-0.4, -0.2) is 44.9 Å². The molecule has 0 bridgehead atoms. The van der Waals surface area contributed by atoms with Crippen molar-refractivity contribution in [3.8, 4) is 0 Å². The van der Waals surface area contributed by atoms with E-state index in [0.29, 0.717) is 18.0 Å². The first kappa shape index (κ1) is 16.0. The van der Waals surface area contributed by atoms with Crippen LogP contribution in [0.1, 0.15) is 32.6 Å². The molecular formula is C17H27N2O2S+. The molecule has 0 unspecified atom stereocenters. The third kappa shape index (κ3) is 3.36. The molecule has 0 aromatic heterocycles. The average molecular weight is 323 g/mol. The van der Waals surface area contributed by atoms with Gasteiger partial charge in [0.2, 0.25) is 10.0 Å². The summed E-state index contributed by atoms with van der Waals surface area (Å²) in [5.41, 5.74) is 0. The molecule has 3 rings (SSSR count). The standard InChI is InChI=1S/C17H26N2O2S/c1-15-7-9-16(10-8-15)18-11-13-19(14-12-18)22(20,21)17-5-3-2-4-6-17/h2-6,15-16H,7-14H2,1H3/p+1. The maximum Gasteiger partial charge on any atom is 0.243 e. The molecule has 1 saturated carbocycles. The lowest BCUT2D eigenvalue weighted by Gasteiger charge is -2.38. The molecule has 4 nitrogen and oxygen atoms in total. The largest absolute Gasteiger partial charge is 0.330 e. The second-order valence-corrected chi connectivity index (χ2v) is 8.77. The summed E-state index contributed by atoms with van der Waals surface area (Å²) in [6, 6.07) is 9.56. The molecule has 1 N–H and O–H groups in total. The maximum absolute atomic E-state index is 12.6. The van der Waals surface area contributed by atoms with Crippen molar-refractivity contribution in [1.82, 2.24) is 4.31 Å². The van der Waals surface area contributed by atoms with Crippen LogP contribution < -0.4 is 4.90 Å². The smallest absolute Gasteiger partial charge is 0.243 e. The van der Waals surface area contributed by atoms with Crippen LogP contribution in [0, 0.1) is 5.92 Å². The second-order valence-electron chi connectivity index (χ2n) is 6.83. The molecule has 1 heterocycles. The highest BCUT2D eigenvalue weighted by Gasteiger charge is 2.34. The van der Waals surface area contributed by atoms with Gasteiger partial charge in [-0.3, -0.25) is 0 Å². The van der Waals surface area contributed by atoms with E-state index in [9.17, 15) is 8.42 Å². The van der Waals surface area contributed by atoms with E-state index in [2.05, 4.69) is 6.92 Å². The quantitative estimate of drug-likeness (QED) is 0.907. The first-order chi connectivity index (χ1) is 10.6. The molecule has 5 heteroatoms. The number of sulfonamides is 1. The van der Waals surface area contributed by atoms with Gasteiger partial charge in [-0.2, -0.15) is 4.31 Å². The third-order valence-electron chi connectivity index (χ3n) is 5.34. The average Bonchev–Trinajstić information content (AvgIpc) is 2.56. The van der Waals surface area contributed by atoms with Crippen LogP contribution in [0.25, 0.3) is 0 Å². The van der Waals surface area contributed by atoms with E-state index in [1.54, 1.807) is 33.5 Å². The van der Waals surface area contributed by atoms with Crippen LogP contribution in [0.5, 0.6) is 0 Å². The summed E-state index contributed by atoms with van der Waals surface area (Å²) >= 11 is 0. The van der Waals surface area contributed by atoms with Gasteiger partial charge in [0.25, 0.3) is 0 Å². The minimum absolute atomic E-state index is 0.421. The van der Waals surface area contributed by atoms with E-state index < -0.39 is 10.0 Å². The van der Waals surface area contributed by atoms with E-state index in [1.807, 2.05) is 6.07 Å². The fourth-order valence-electron chi connectivity index (χ4n) is 3.83. The highest BCUT2D eigenvalue weighted by atomic mass is 32.2. The Morgan fingerprint density at radius 1 is 1.00 bits per heavy atom. The lowest BCUT2D eigenvalue weighted by atomic mass is 9.86. The maximum atomic E-state index is 12.6. The summed E-state index contributed by atoms with van der Waals surface area (Å²) in [6.07, 6.45) is 5.28. The van der Waals surface area contributed by atoms with Gasteiger partial charge in [0.15, 0.2) is 0 Å². The number of benzene rings is 1. The molecule has 1 aromatic carbocycles. The van der Waals surface area contributed by atoms with Gasteiger partial charge in [0.05, 0.1) is 37.1 Å². The third-order valence-corrected chi connectivity index (χ3v) is 7.25. The summed E-state index contributed by atoms with van der Waals surface area (Å²) in [5, 5.41) is 0. The summed E-state index contributed by atoms with van der Waals surface area (Å²) < 4.78 is 26.9. The molecular weight excluding hydrogens is 296 g/mol. The monoisotopic (exact) mass is 323 g/mol. The number of rotatable bonds is 3. The van der Waals surface area contributed by atoms with Crippen LogP contribution in [0.2, 0.25) is 0 Å². The van der Waals surface area contributed by atoms with Crippen molar-refractivity contribution in [2.24, 2.45) is 5.92 Å². The predicted molar refractivity (Wildman–Crippen MR) is 87.3 cm³/mol. The molecule has 1 aliphatic carbocycles. The summed E-state index contributed by atoms with van der Waals surface area (Å²) in [4.78, 5) is 2.04. The van der Waals surface area contributed by atoms with Crippen LogP contribution in [-0.2, 0) is 10.0 Å². The number of nitrogens with zero attached hydrogens (tertiary/aromatic N) is 1. The highest BCUT2D eigenvalue weighted by Crippen LogP contribution is 2.22. The Hall–Kier alpha value is -0.910. The summed E-state index contributed by atoms with van der Waals surface area (Å²) in [6.45, 7) is 5.55. The van der Waals surface area contributed by atoms with Gasteiger partial charge in [0.1, 0.15) is 0 Å². The van der Waals surface area contributed by atoms with E-state index in [4.69, 9.17) is 0 Å². The number of hydrogen-bond acceptors (Lipinski definition) is 2. The summed E-state index contributed by atoms with van der Waals surface area (Å²) in [5.74, 6) is 0.871. The molecule has 0 atom stereocenters. The minimum Gasteiger partial charge on any atom is -0.330 e. The van der Waals surface area contributed by atoms with Crippen LogP contribution >= 0.6 is 0 Å². The molecule has 2 aliphatic rings. The zero-order valence-electron chi connectivity index (χ0n) is 13.4. The topological polar surface area (TPSA) is 41.8 Å². The lowest BCUT2D eigenvalue weighted by molar-refractivity contribution is -0.930. The van der Waals surface area contributed by atoms with Gasteiger partial charge < -0.3 is 4.90 Å². The zero-order valence-corrected chi connectivity index (χ0v) is 14.2. The number of nitrogens with one attached hydrogen (secondary N) is 1. The Morgan fingerprint density at radius 2 is 1.59 bits per heavy atom. The van der Waals surface area contributed by atoms with Crippen molar-refractivity contribution < 1.29 is 13.3 Å². The zero-order chi connectivity index (χ0) is 15.6. The predicted octanol–water partition coefficient (Wildman–Crippen LogP) is 1.15. The molecule has 0 spiro atoms. The van der Waals surface area contributed by atoms with Crippen molar-refractivity contribution >= 4 is 10.0 Å². The first-order valence-electron chi connectivity index (χ1n) is 8.47. The Kier molecular flexibility index (Phi) is 4.85. The number of piperazine rings is 1. The summed E-state index contributed by atoms with van der Waals surface area (Å²) in [7, 11) is -3.30. The fourth-order valence-corrected chi connectivity index (χ4v) is 5.29. The van der Waals surface area contributed by atoms with E-state index in [1.165, 1.54) is 25.7 Å². The van der Waals surface area contributed by atoms with Crippen molar-refractivity contribution in [3.63, 3.8) is 0 Å². The molecule has 2 fully saturated rings. The molecule has 1 saturated heterocycles. The van der Waals surface area contributed by atoms with E-state index in [-0.39, 0.29) is 0 Å². The van der Waals surface area contributed by atoms with Crippen molar-refractivity contribution in [2.45, 2.75) is 43.5 Å².